The Morgan fingerprint density at radius 1 is 0.304 bits per heavy atom. The highest BCUT2D eigenvalue weighted by molar-refractivity contribution is 5.42. The van der Waals surface area contributed by atoms with Crippen LogP contribution in [0.1, 0.15) is 219 Å². The van der Waals surface area contributed by atoms with Crippen molar-refractivity contribution in [2.45, 2.75) is 213 Å². The predicted octanol–water partition coefficient (Wildman–Crippen LogP) is 16.0. The van der Waals surface area contributed by atoms with Crippen molar-refractivity contribution in [1.82, 2.24) is 0 Å². The van der Waals surface area contributed by atoms with Crippen LogP contribution in [0.15, 0.2) is 60.7 Å². The summed E-state index contributed by atoms with van der Waals surface area (Å²) in [4.78, 5) is 0. The van der Waals surface area contributed by atoms with Gasteiger partial charge in [0, 0.05) is 5.41 Å². The molecule has 0 amide bonds. The Kier molecular flexibility index (Phi) is 23.3. The first-order valence-electron chi connectivity index (χ1n) is 20.8. The molecule has 0 aliphatic carbocycles. The van der Waals surface area contributed by atoms with Crippen LogP contribution >= 0.6 is 0 Å². The lowest BCUT2D eigenvalue weighted by Crippen LogP contribution is -2.47. The van der Waals surface area contributed by atoms with Gasteiger partial charge >= 0.3 is 0 Å². The van der Waals surface area contributed by atoms with Crippen molar-refractivity contribution in [2.75, 3.05) is 0 Å². The summed E-state index contributed by atoms with van der Waals surface area (Å²) < 4.78 is 0. The molecule has 2 rings (SSSR count). The van der Waals surface area contributed by atoms with E-state index in [0.717, 1.165) is 0 Å². The fourth-order valence-corrected chi connectivity index (χ4v) is 8.67. The van der Waals surface area contributed by atoms with E-state index in [2.05, 4.69) is 88.4 Å². The zero-order valence-electron chi connectivity index (χ0n) is 31.6. The fraction of sp³-hybridized carbons (Fsp3) is 0.739. The van der Waals surface area contributed by atoms with Crippen LogP contribution in [-0.2, 0) is 5.41 Å². The van der Waals surface area contributed by atoms with Gasteiger partial charge in [-0.15, -0.1) is 0 Å². The van der Waals surface area contributed by atoms with Gasteiger partial charge in [-0.3, -0.25) is 0 Å². The van der Waals surface area contributed by atoms with E-state index >= 15 is 0 Å². The molecule has 0 N–H and O–H groups in total. The third-order valence-corrected chi connectivity index (χ3v) is 11.4. The summed E-state index contributed by atoms with van der Waals surface area (Å²) in [7, 11) is 0. The quantitative estimate of drug-likeness (QED) is 0.0727. The molecule has 0 saturated carbocycles. The largest absolute Gasteiger partial charge is 0.0654 e. The lowest BCUT2D eigenvalue weighted by atomic mass is 9.50. The molecule has 0 bridgehead atoms. The summed E-state index contributed by atoms with van der Waals surface area (Å²) in [6.07, 6.45) is 38.9. The SMILES string of the molecule is CCCCCCCCCCC(CCCC)(CCCCCCCC)C(CCCCCCCCCC)(c1ccccc1)c1ccccc1. The average Bonchev–Trinajstić information content (AvgIpc) is 3.10. The van der Waals surface area contributed by atoms with E-state index < -0.39 is 0 Å². The molecule has 0 spiro atoms. The third kappa shape index (κ3) is 14.3. The highest BCUT2D eigenvalue weighted by atomic mass is 14.5. The molecule has 0 heterocycles. The first-order valence-corrected chi connectivity index (χ1v) is 20.8. The van der Waals surface area contributed by atoms with Crippen molar-refractivity contribution in [3.8, 4) is 0 Å². The zero-order valence-corrected chi connectivity index (χ0v) is 31.6. The molecule has 1 unspecified atom stereocenters. The molecule has 0 heteroatoms. The Morgan fingerprint density at radius 2 is 0.587 bits per heavy atom. The Hall–Kier alpha value is -1.56. The van der Waals surface area contributed by atoms with Gasteiger partial charge in [0.1, 0.15) is 0 Å². The van der Waals surface area contributed by atoms with E-state index in [0.29, 0.717) is 5.41 Å². The molecule has 2 aromatic rings. The highest BCUT2D eigenvalue weighted by Crippen LogP contribution is 2.58. The summed E-state index contributed by atoms with van der Waals surface area (Å²) >= 11 is 0. The molecule has 46 heavy (non-hydrogen) atoms. The number of unbranched alkanes of at least 4 members (excludes halogenated alkanes) is 20. The molecule has 0 aliphatic rings. The third-order valence-electron chi connectivity index (χ3n) is 11.4. The van der Waals surface area contributed by atoms with Crippen molar-refractivity contribution in [3.63, 3.8) is 0 Å². The smallest absolute Gasteiger partial charge is 0.0259 e. The van der Waals surface area contributed by atoms with Gasteiger partial charge in [-0.05, 0) is 42.2 Å². The molecule has 0 aliphatic heterocycles. The topological polar surface area (TPSA) is 0 Å². The lowest BCUT2D eigenvalue weighted by Gasteiger charge is -2.53. The Balaban J connectivity index is 2.47. The van der Waals surface area contributed by atoms with Crippen LogP contribution in [0.4, 0.5) is 0 Å². The minimum Gasteiger partial charge on any atom is -0.0654 e. The highest BCUT2D eigenvalue weighted by Gasteiger charge is 2.51. The first-order chi connectivity index (χ1) is 22.7. The van der Waals surface area contributed by atoms with Crippen LogP contribution in [0.25, 0.3) is 0 Å². The van der Waals surface area contributed by atoms with Gasteiger partial charge in [0.25, 0.3) is 0 Å². The van der Waals surface area contributed by atoms with Crippen molar-refractivity contribution < 1.29 is 0 Å². The second-order valence-electron chi connectivity index (χ2n) is 15.0. The van der Waals surface area contributed by atoms with Crippen LogP contribution in [0.3, 0.4) is 0 Å². The van der Waals surface area contributed by atoms with Crippen LogP contribution in [-0.4, -0.2) is 0 Å². The van der Waals surface area contributed by atoms with Crippen molar-refractivity contribution >= 4 is 0 Å². The van der Waals surface area contributed by atoms with Crippen molar-refractivity contribution in [3.05, 3.63) is 71.8 Å². The summed E-state index contributed by atoms with van der Waals surface area (Å²) in [5.74, 6) is 0. The van der Waals surface area contributed by atoms with Gasteiger partial charge in [-0.25, -0.2) is 0 Å². The predicted molar refractivity (Wildman–Crippen MR) is 208 cm³/mol. The standard InChI is InChI=1S/C46H78/c1-5-9-13-16-19-21-24-33-41-45(39-12-8-4,40-32-23-18-15-11-7-3)46(43-35-28-26-29-36-43,44-37-30-27-31-38-44)42-34-25-22-20-17-14-10-6-2/h26-31,35-38H,5-25,32-34,39-42H2,1-4H3. The number of hydrogen-bond donors (Lipinski definition) is 0. The minimum atomic E-state index is 0.0808. The van der Waals surface area contributed by atoms with Gasteiger partial charge in [-0.1, -0.05) is 242 Å². The maximum absolute atomic E-state index is 2.52. The monoisotopic (exact) mass is 631 g/mol. The van der Waals surface area contributed by atoms with Crippen LogP contribution in [0.5, 0.6) is 0 Å². The van der Waals surface area contributed by atoms with E-state index in [1.807, 2.05) is 0 Å². The van der Waals surface area contributed by atoms with E-state index in [1.54, 1.807) is 11.1 Å². The van der Waals surface area contributed by atoms with E-state index in [9.17, 15) is 0 Å². The van der Waals surface area contributed by atoms with Crippen LogP contribution in [0, 0.1) is 5.41 Å². The van der Waals surface area contributed by atoms with Crippen molar-refractivity contribution in [2.24, 2.45) is 5.41 Å². The molecule has 262 valence electrons. The molecule has 0 saturated heterocycles. The molecule has 0 radical (unpaired) electrons. The van der Waals surface area contributed by atoms with Gasteiger partial charge in [0.15, 0.2) is 0 Å². The van der Waals surface area contributed by atoms with Gasteiger partial charge in [0.05, 0.1) is 0 Å². The summed E-state index contributed by atoms with van der Waals surface area (Å²) in [5.41, 5.74) is 3.59. The summed E-state index contributed by atoms with van der Waals surface area (Å²) in [6.45, 7) is 9.44. The molecule has 1 atom stereocenters. The van der Waals surface area contributed by atoms with Crippen LogP contribution in [0.2, 0.25) is 0 Å². The Bertz CT molecular complexity index is 874. The summed E-state index contributed by atoms with van der Waals surface area (Å²) in [6, 6.07) is 23.9. The first kappa shape index (κ1) is 40.6. The maximum atomic E-state index is 2.52. The van der Waals surface area contributed by atoms with E-state index in [1.165, 1.54) is 180 Å². The van der Waals surface area contributed by atoms with E-state index in [4.69, 9.17) is 0 Å². The van der Waals surface area contributed by atoms with Gasteiger partial charge < -0.3 is 0 Å². The Morgan fingerprint density at radius 3 is 0.935 bits per heavy atom. The average molecular weight is 631 g/mol. The molecule has 0 aromatic heterocycles. The molecular formula is C46H78. The van der Waals surface area contributed by atoms with Crippen molar-refractivity contribution in [1.29, 1.82) is 0 Å². The Labute approximate surface area is 289 Å². The number of rotatable bonds is 31. The summed E-state index contributed by atoms with van der Waals surface area (Å²) in [5, 5.41) is 0. The number of benzene rings is 2. The normalized spacial score (nSPS) is 13.2. The second kappa shape index (κ2) is 26.4. The second-order valence-corrected chi connectivity index (χ2v) is 15.0. The zero-order chi connectivity index (χ0) is 33.0. The maximum Gasteiger partial charge on any atom is 0.0259 e. The minimum absolute atomic E-state index is 0.0808. The van der Waals surface area contributed by atoms with Gasteiger partial charge in [-0.2, -0.15) is 0 Å². The molecule has 0 fully saturated rings. The molecule has 2 aromatic carbocycles. The molecule has 0 nitrogen and oxygen atoms in total. The van der Waals surface area contributed by atoms with E-state index in [-0.39, 0.29) is 5.41 Å². The lowest BCUT2D eigenvalue weighted by molar-refractivity contribution is 0.0825. The van der Waals surface area contributed by atoms with Crippen LogP contribution < -0.4 is 0 Å². The fourth-order valence-electron chi connectivity index (χ4n) is 8.67. The number of hydrogen-bond acceptors (Lipinski definition) is 0. The van der Waals surface area contributed by atoms with Gasteiger partial charge in [0.2, 0.25) is 0 Å². The molecular weight excluding hydrogens is 553 g/mol.